The highest BCUT2D eigenvalue weighted by Gasteiger charge is 2.32. The molecule has 8 nitrogen and oxygen atoms in total. The molecule has 0 spiro atoms. The number of sulfonamides is 1. The molecule has 2 aromatic carbocycles. The Morgan fingerprint density at radius 2 is 1.97 bits per heavy atom. The Balaban J connectivity index is 1.38. The second-order valence-electron chi connectivity index (χ2n) is 8.89. The number of anilines is 1. The van der Waals surface area contributed by atoms with Gasteiger partial charge in [0.15, 0.2) is 18.1 Å². The number of hydrogen-bond donors (Lipinski definition) is 2. The third kappa shape index (κ3) is 5.84. The quantitative estimate of drug-likeness (QED) is 0.669. The average Bonchev–Trinajstić information content (AvgIpc) is 2.90. The maximum Gasteiger partial charge on any atom is 0.262 e. The molecule has 0 saturated carbocycles. The van der Waals surface area contributed by atoms with Crippen LogP contribution in [0, 0.1) is 0 Å². The molecule has 2 aliphatic heterocycles. The van der Waals surface area contributed by atoms with Crippen molar-refractivity contribution in [3.8, 4) is 11.5 Å². The van der Waals surface area contributed by atoms with Crippen LogP contribution in [0.25, 0.3) is 0 Å². The Labute approximate surface area is 194 Å². The summed E-state index contributed by atoms with van der Waals surface area (Å²) < 4.78 is 39.8. The minimum absolute atomic E-state index is 0.0599. The van der Waals surface area contributed by atoms with E-state index in [-0.39, 0.29) is 17.1 Å². The summed E-state index contributed by atoms with van der Waals surface area (Å²) >= 11 is 0. The summed E-state index contributed by atoms with van der Waals surface area (Å²) in [6, 6.07) is 11.7. The van der Waals surface area contributed by atoms with Gasteiger partial charge in [-0.1, -0.05) is 24.6 Å². The minimum Gasteiger partial charge on any atom is -0.483 e. The molecule has 0 unspecified atom stereocenters. The lowest BCUT2D eigenvalue weighted by atomic mass is 10.0. The van der Waals surface area contributed by atoms with Gasteiger partial charge in [0.2, 0.25) is 0 Å². The van der Waals surface area contributed by atoms with Crippen molar-refractivity contribution in [3.05, 3.63) is 48.0 Å². The zero-order chi connectivity index (χ0) is 23.5. The van der Waals surface area contributed by atoms with Crippen LogP contribution >= 0.6 is 0 Å². The summed E-state index contributed by atoms with van der Waals surface area (Å²) in [5, 5.41) is 2.70. The van der Waals surface area contributed by atoms with E-state index in [2.05, 4.69) is 15.0 Å². The largest absolute Gasteiger partial charge is 0.483 e. The second-order valence-corrected chi connectivity index (χ2v) is 10.6. The number of amidine groups is 1. The number of amides is 1. The van der Waals surface area contributed by atoms with E-state index in [1.54, 1.807) is 18.2 Å². The first kappa shape index (κ1) is 23.1. The van der Waals surface area contributed by atoms with Gasteiger partial charge < -0.3 is 14.8 Å². The molecule has 2 N–H and O–H groups in total. The lowest BCUT2D eigenvalue weighted by molar-refractivity contribution is -0.118. The Hall–Kier alpha value is -3.07. The van der Waals surface area contributed by atoms with E-state index in [0.717, 1.165) is 31.2 Å². The van der Waals surface area contributed by atoms with Crippen LogP contribution in [0.1, 0.15) is 45.1 Å². The SMILES string of the molecule is CC1(C)Cc2cccc(OCC(=O)Nc3cccc(S(=O)(=O)NC4=NCCCCC4)c3)c2O1. The molecule has 2 heterocycles. The van der Waals surface area contributed by atoms with Crippen molar-refractivity contribution in [2.24, 2.45) is 4.99 Å². The fraction of sp³-hybridized carbons (Fsp3) is 0.417. The van der Waals surface area contributed by atoms with E-state index >= 15 is 0 Å². The molecule has 0 saturated heterocycles. The van der Waals surface area contributed by atoms with Crippen LogP contribution in [0.5, 0.6) is 11.5 Å². The second kappa shape index (κ2) is 9.43. The summed E-state index contributed by atoms with van der Waals surface area (Å²) in [6.07, 6.45) is 4.29. The van der Waals surface area contributed by atoms with Crippen molar-refractivity contribution in [3.63, 3.8) is 0 Å². The molecule has 176 valence electrons. The zero-order valence-electron chi connectivity index (χ0n) is 18.9. The van der Waals surface area contributed by atoms with Crippen LogP contribution in [0.2, 0.25) is 0 Å². The summed E-state index contributed by atoms with van der Waals surface area (Å²) in [5.41, 5.74) is 1.10. The van der Waals surface area contributed by atoms with E-state index in [0.29, 0.717) is 36.0 Å². The van der Waals surface area contributed by atoms with E-state index in [1.807, 2.05) is 26.0 Å². The lowest BCUT2D eigenvalue weighted by Gasteiger charge is -2.18. The Kier molecular flexibility index (Phi) is 6.60. The predicted molar refractivity (Wildman–Crippen MR) is 127 cm³/mol. The van der Waals surface area contributed by atoms with Crippen LogP contribution in [-0.4, -0.2) is 38.9 Å². The molecule has 0 atom stereocenters. The molecular weight excluding hydrogens is 442 g/mol. The number of aliphatic imine (C=N–C) groups is 1. The van der Waals surface area contributed by atoms with E-state index in [9.17, 15) is 13.2 Å². The van der Waals surface area contributed by atoms with Crippen molar-refractivity contribution < 1.29 is 22.7 Å². The van der Waals surface area contributed by atoms with Crippen molar-refractivity contribution in [1.82, 2.24) is 4.72 Å². The number of carbonyl (C=O) groups excluding carboxylic acids is 1. The Morgan fingerprint density at radius 3 is 2.82 bits per heavy atom. The van der Waals surface area contributed by atoms with Crippen molar-refractivity contribution in [2.75, 3.05) is 18.5 Å². The molecule has 9 heteroatoms. The minimum atomic E-state index is -3.79. The van der Waals surface area contributed by atoms with Crippen molar-refractivity contribution in [2.45, 2.75) is 56.4 Å². The van der Waals surface area contributed by atoms with E-state index in [4.69, 9.17) is 9.47 Å². The number of carbonyl (C=O) groups is 1. The van der Waals surface area contributed by atoms with Gasteiger partial charge in [0.25, 0.3) is 15.9 Å². The van der Waals surface area contributed by atoms with Gasteiger partial charge in [0.1, 0.15) is 11.4 Å². The molecule has 0 aliphatic carbocycles. The first-order valence-corrected chi connectivity index (χ1v) is 12.6. The smallest absolute Gasteiger partial charge is 0.262 e. The van der Waals surface area contributed by atoms with Gasteiger partial charge in [-0.2, -0.15) is 0 Å². The number of rotatable bonds is 6. The maximum atomic E-state index is 12.8. The number of para-hydroxylation sites is 1. The fourth-order valence-electron chi connectivity index (χ4n) is 3.95. The topological polar surface area (TPSA) is 106 Å². The number of nitrogens with one attached hydrogen (secondary N) is 2. The predicted octanol–water partition coefficient (Wildman–Crippen LogP) is 3.67. The van der Waals surface area contributed by atoms with Crippen molar-refractivity contribution in [1.29, 1.82) is 0 Å². The number of hydrogen-bond acceptors (Lipinski definition) is 6. The van der Waals surface area contributed by atoms with Gasteiger partial charge in [-0.05, 0) is 51.0 Å². The average molecular weight is 472 g/mol. The summed E-state index contributed by atoms with van der Waals surface area (Å²) in [7, 11) is -3.79. The lowest BCUT2D eigenvalue weighted by Crippen LogP contribution is -2.30. The number of ether oxygens (including phenoxy) is 2. The highest BCUT2D eigenvalue weighted by molar-refractivity contribution is 7.90. The highest BCUT2D eigenvalue weighted by Crippen LogP contribution is 2.41. The third-order valence-corrected chi connectivity index (χ3v) is 6.85. The Morgan fingerprint density at radius 1 is 1.15 bits per heavy atom. The van der Waals surface area contributed by atoms with Crippen LogP contribution < -0.4 is 19.5 Å². The first-order valence-electron chi connectivity index (χ1n) is 11.1. The van der Waals surface area contributed by atoms with Gasteiger partial charge in [0, 0.05) is 30.6 Å². The van der Waals surface area contributed by atoms with Gasteiger partial charge in [-0.25, -0.2) is 8.42 Å². The molecular formula is C24H29N3O5S. The van der Waals surface area contributed by atoms with E-state index in [1.165, 1.54) is 12.1 Å². The first-order chi connectivity index (χ1) is 15.7. The maximum absolute atomic E-state index is 12.8. The molecule has 2 aliphatic rings. The van der Waals surface area contributed by atoms with Crippen LogP contribution in [0.4, 0.5) is 5.69 Å². The number of benzene rings is 2. The molecule has 4 rings (SSSR count). The number of fused-ring (bicyclic) bond motifs is 1. The molecule has 33 heavy (non-hydrogen) atoms. The molecule has 0 fully saturated rings. The van der Waals surface area contributed by atoms with Crippen molar-refractivity contribution >= 4 is 27.5 Å². The molecule has 1 amide bonds. The van der Waals surface area contributed by atoms with Gasteiger partial charge in [0.05, 0.1) is 4.90 Å². The van der Waals surface area contributed by atoms with Crippen LogP contribution in [0.15, 0.2) is 52.4 Å². The Bertz CT molecular complexity index is 1170. The zero-order valence-corrected chi connectivity index (χ0v) is 19.7. The summed E-state index contributed by atoms with van der Waals surface area (Å²) in [4.78, 5) is 16.8. The molecule has 2 aromatic rings. The highest BCUT2D eigenvalue weighted by atomic mass is 32.2. The molecule has 0 bridgehead atoms. The summed E-state index contributed by atoms with van der Waals surface area (Å²) in [5.74, 6) is 1.26. The number of nitrogens with zero attached hydrogens (tertiary/aromatic N) is 1. The van der Waals surface area contributed by atoms with Crippen LogP contribution in [-0.2, 0) is 21.2 Å². The summed E-state index contributed by atoms with van der Waals surface area (Å²) in [6.45, 7) is 4.40. The van der Waals surface area contributed by atoms with Crippen LogP contribution in [0.3, 0.4) is 0 Å². The fourth-order valence-corrected chi connectivity index (χ4v) is 5.09. The third-order valence-electron chi connectivity index (χ3n) is 5.47. The van der Waals surface area contributed by atoms with E-state index < -0.39 is 15.9 Å². The van der Waals surface area contributed by atoms with Gasteiger partial charge in [-0.15, -0.1) is 0 Å². The monoisotopic (exact) mass is 471 g/mol. The van der Waals surface area contributed by atoms with Gasteiger partial charge in [-0.3, -0.25) is 14.5 Å². The normalized spacial score (nSPS) is 17.2. The molecule has 0 aromatic heterocycles. The van der Waals surface area contributed by atoms with Gasteiger partial charge >= 0.3 is 0 Å². The molecule has 0 radical (unpaired) electrons. The standard InChI is InChI=1S/C24H29N3O5S/c1-24(2)15-17-8-6-11-20(23(17)32-24)31-16-22(28)26-18-9-7-10-19(14-18)33(29,30)27-21-12-4-3-5-13-25-21/h6-11,14H,3-5,12-13,15-16H2,1-2H3,(H,25,27)(H,26,28).